The monoisotopic (exact) mass is 311 g/mol. The van der Waals surface area contributed by atoms with Crippen molar-refractivity contribution in [1.29, 1.82) is 0 Å². The predicted octanol–water partition coefficient (Wildman–Crippen LogP) is 3.40. The Bertz CT molecular complexity index is 819. The Morgan fingerprint density at radius 3 is 2.26 bits per heavy atom. The zero-order valence-electron chi connectivity index (χ0n) is 13.2. The summed E-state index contributed by atoms with van der Waals surface area (Å²) < 4.78 is 15.9. The van der Waals surface area contributed by atoms with Gasteiger partial charge in [-0.05, 0) is 36.4 Å². The lowest BCUT2D eigenvalue weighted by molar-refractivity contribution is 0.358. The minimum absolute atomic E-state index is 0.588. The summed E-state index contributed by atoms with van der Waals surface area (Å²) in [6, 6.07) is 11.4. The third-order valence-electron chi connectivity index (χ3n) is 3.50. The smallest absolute Gasteiger partial charge is 0.187 e. The van der Waals surface area contributed by atoms with E-state index in [1.807, 2.05) is 36.4 Å². The molecule has 0 saturated carbocycles. The molecule has 6 heteroatoms. The van der Waals surface area contributed by atoms with Crippen LogP contribution in [0.5, 0.6) is 17.2 Å². The number of hydrogen-bond acceptors (Lipinski definition) is 6. The number of benzene rings is 2. The molecule has 0 fully saturated rings. The second kappa shape index (κ2) is 6.39. The molecule has 0 spiro atoms. The van der Waals surface area contributed by atoms with Gasteiger partial charge in [0.1, 0.15) is 23.4 Å². The van der Waals surface area contributed by atoms with Gasteiger partial charge in [0.2, 0.25) is 0 Å². The van der Waals surface area contributed by atoms with Gasteiger partial charge >= 0.3 is 0 Å². The molecular formula is C17H17N3O3. The number of fused-ring (bicyclic) bond motifs is 1. The van der Waals surface area contributed by atoms with E-state index in [-0.39, 0.29) is 0 Å². The maximum Gasteiger partial charge on any atom is 0.187 e. The molecular weight excluding hydrogens is 294 g/mol. The summed E-state index contributed by atoms with van der Waals surface area (Å²) in [6.07, 6.45) is 1.50. The molecule has 3 aromatic rings. The quantitative estimate of drug-likeness (QED) is 0.779. The number of rotatable bonds is 5. The lowest BCUT2D eigenvalue weighted by Gasteiger charge is -2.13. The highest BCUT2D eigenvalue weighted by Crippen LogP contribution is 2.36. The highest BCUT2D eigenvalue weighted by Gasteiger charge is 2.13. The van der Waals surface area contributed by atoms with Crippen LogP contribution < -0.4 is 19.5 Å². The summed E-state index contributed by atoms with van der Waals surface area (Å²) in [5, 5.41) is 4.13. The molecule has 1 aromatic heterocycles. The zero-order valence-corrected chi connectivity index (χ0v) is 13.2. The van der Waals surface area contributed by atoms with E-state index in [1.54, 1.807) is 21.3 Å². The molecule has 0 atom stereocenters. The zero-order chi connectivity index (χ0) is 16.2. The van der Waals surface area contributed by atoms with Crippen molar-refractivity contribution < 1.29 is 14.2 Å². The maximum absolute atomic E-state index is 5.43. The van der Waals surface area contributed by atoms with Crippen molar-refractivity contribution in [3.63, 3.8) is 0 Å². The second-order valence-corrected chi connectivity index (χ2v) is 4.77. The predicted molar refractivity (Wildman–Crippen MR) is 88.9 cm³/mol. The molecule has 0 aliphatic rings. The minimum Gasteiger partial charge on any atom is -0.497 e. The first-order valence-electron chi connectivity index (χ1n) is 7.03. The van der Waals surface area contributed by atoms with Gasteiger partial charge in [-0.1, -0.05) is 0 Å². The average molecular weight is 311 g/mol. The molecule has 118 valence electrons. The van der Waals surface area contributed by atoms with Crippen molar-refractivity contribution in [1.82, 2.24) is 9.97 Å². The number of nitrogens with one attached hydrogen (secondary N) is 1. The first kappa shape index (κ1) is 14.9. The summed E-state index contributed by atoms with van der Waals surface area (Å²) in [5.74, 6) is 2.72. The van der Waals surface area contributed by atoms with Crippen LogP contribution in [-0.4, -0.2) is 31.3 Å². The highest BCUT2D eigenvalue weighted by atomic mass is 16.5. The Morgan fingerprint density at radius 1 is 0.826 bits per heavy atom. The van der Waals surface area contributed by atoms with Gasteiger partial charge in [0, 0.05) is 11.1 Å². The lowest BCUT2D eigenvalue weighted by Crippen LogP contribution is -1.98. The SMILES string of the molecule is COc1ccc(Nc2ncnc3c(OC)c(OC)ccc23)cc1. The Labute approximate surface area is 134 Å². The van der Waals surface area contributed by atoms with Crippen LogP contribution in [0.4, 0.5) is 11.5 Å². The van der Waals surface area contributed by atoms with Crippen LogP contribution in [0.1, 0.15) is 0 Å². The summed E-state index contributed by atoms with van der Waals surface area (Å²) in [5.41, 5.74) is 1.60. The molecule has 23 heavy (non-hydrogen) atoms. The molecule has 0 amide bonds. The number of anilines is 2. The Morgan fingerprint density at radius 2 is 1.61 bits per heavy atom. The number of ether oxygens (including phenoxy) is 3. The second-order valence-electron chi connectivity index (χ2n) is 4.77. The first-order chi connectivity index (χ1) is 11.3. The number of nitrogens with zero attached hydrogens (tertiary/aromatic N) is 2. The van der Waals surface area contributed by atoms with Crippen LogP contribution >= 0.6 is 0 Å². The van der Waals surface area contributed by atoms with Crippen molar-refractivity contribution in [2.75, 3.05) is 26.6 Å². The summed E-state index contributed by atoms with van der Waals surface area (Å²) >= 11 is 0. The van der Waals surface area contributed by atoms with Crippen LogP contribution in [0, 0.1) is 0 Å². The van der Waals surface area contributed by atoms with E-state index >= 15 is 0 Å². The molecule has 0 aliphatic heterocycles. The van der Waals surface area contributed by atoms with Crippen LogP contribution in [0.2, 0.25) is 0 Å². The third kappa shape index (κ3) is 2.83. The summed E-state index contributed by atoms with van der Waals surface area (Å²) in [6.45, 7) is 0. The molecule has 6 nitrogen and oxygen atoms in total. The molecule has 1 N–H and O–H groups in total. The van der Waals surface area contributed by atoms with E-state index in [1.165, 1.54) is 6.33 Å². The van der Waals surface area contributed by atoms with E-state index in [0.29, 0.717) is 22.8 Å². The Kier molecular flexibility index (Phi) is 4.14. The molecule has 0 aliphatic carbocycles. The largest absolute Gasteiger partial charge is 0.497 e. The number of hydrogen-bond donors (Lipinski definition) is 1. The lowest BCUT2D eigenvalue weighted by atomic mass is 10.2. The van der Waals surface area contributed by atoms with Gasteiger partial charge < -0.3 is 19.5 Å². The fraction of sp³-hybridized carbons (Fsp3) is 0.176. The highest BCUT2D eigenvalue weighted by molar-refractivity contribution is 5.95. The fourth-order valence-electron chi connectivity index (χ4n) is 2.35. The van der Waals surface area contributed by atoms with Crippen molar-refractivity contribution in [2.45, 2.75) is 0 Å². The van der Waals surface area contributed by atoms with Crippen LogP contribution in [-0.2, 0) is 0 Å². The number of methoxy groups -OCH3 is 3. The molecule has 0 radical (unpaired) electrons. The van der Waals surface area contributed by atoms with E-state index < -0.39 is 0 Å². The van der Waals surface area contributed by atoms with Crippen molar-refractivity contribution >= 4 is 22.4 Å². The summed E-state index contributed by atoms with van der Waals surface area (Å²) in [4.78, 5) is 8.64. The van der Waals surface area contributed by atoms with E-state index in [0.717, 1.165) is 16.8 Å². The normalized spacial score (nSPS) is 10.4. The molecule has 0 bridgehead atoms. The van der Waals surface area contributed by atoms with Crippen LogP contribution in [0.15, 0.2) is 42.7 Å². The van der Waals surface area contributed by atoms with E-state index in [2.05, 4.69) is 15.3 Å². The Balaban J connectivity index is 2.03. The van der Waals surface area contributed by atoms with E-state index in [4.69, 9.17) is 14.2 Å². The van der Waals surface area contributed by atoms with Gasteiger partial charge in [-0.2, -0.15) is 0 Å². The maximum atomic E-state index is 5.43. The number of aromatic nitrogens is 2. The van der Waals surface area contributed by atoms with Gasteiger partial charge in [0.05, 0.1) is 21.3 Å². The minimum atomic E-state index is 0.588. The van der Waals surface area contributed by atoms with Crippen molar-refractivity contribution in [3.8, 4) is 17.2 Å². The van der Waals surface area contributed by atoms with Crippen LogP contribution in [0.3, 0.4) is 0 Å². The van der Waals surface area contributed by atoms with Gasteiger partial charge in [-0.25, -0.2) is 9.97 Å². The van der Waals surface area contributed by atoms with Gasteiger partial charge in [-0.3, -0.25) is 0 Å². The fourth-order valence-corrected chi connectivity index (χ4v) is 2.35. The van der Waals surface area contributed by atoms with Crippen LogP contribution in [0.25, 0.3) is 10.9 Å². The molecule has 1 heterocycles. The van der Waals surface area contributed by atoms with Gasteiger partial charge in [0.25, 0.3) is 0 Å². The third-order valence-corrected chi connectivity index (χ3v) is 3.50. The van der Waals surface area contributed by atoms with Crippen molar-refractivity contribution in [2.24, 2.45) is 0 Å². The standard InChI is InChI=1S/C17H17N3O3/c1-21-12-6-4-11(5-7-12)20-17-13-8-9-14(22-2)16(23-3)15(13)18-10-19-17/h4-10H,1-3H3,(H,18,19,20). The van der Waals surface area contributed by atoms with Gasteiger partial charge in [0.15, 0.2) is 11.5 Å². The first-order valence-corrected chi connectivity index (χ1v) is 7.03. The topological polar surface area (TPSA) is 65.5 Å². The molecule has 3 rings (SSSR count). The van der Waals surface area contributed by atoms with Gasteiger partial charge in [-0.15, -0.1) is 0 Å². The average Bonchev–Trinajstić information content (AvgIpc) is 2.61. The van der Waals surface area contributed by atoms with Crippen molar-refractivity contribution in [3.05, 3.63) is 42.7 Å². The van der Waals surface area contributed by atoms with E-state index in [9.17, 15) is 0 Å². The molecule has 2 aromatic carbocycles. The molecule has 0 saturated heterocycles. The molecule has 0 unspecified atom stereocenters. The summed E-state index contributed by atoms with van der Waals surface area (Å²) in [7, 11) is 4.83. The Hall–Kier alpha value is -3.02.